The summed E-state index contributed by atoms with van der Waals surface area (Å²) in [4.78, 5) is 26.4. The molecule has 2 amide bonds. The van der Waals surface area contributed by atoms with Gasteiger partial charge in [0, 0.05) is 19.0 Å². The van der Waals surface area contributed by atoms with Crippen LogP contribution in [0, 0.1) is 5.92 Å². The van der Waals surface area contributed by atoms with Gasteiger partial charge in [0.2, 0.25) is 5.91 Å². The molecule has 1 N–H and O–H groups in total. The summed E-state index contributed by atoms with van der Waals surface area (Å²) in [6.45, 7) is 10.3. The molecule has 1 aliphatic carbocycles. The Hall–Kier alpha value is -2.04. The van der Waals surface area contributed by atoms with Gasteiger partial charge >= 0.3 is 6.09 Å². The average Bonchev–Trinajstić information content (AvgIpc) is 2.93. The second-order valence-electron chi connectivity index (χ2n) is 9.91. The SMILES string of the molecule is C[C@H]1OC(=O)NC12CC(C(=O)N1CCC(c3ccc(C(C)(C)C)cc3)CC1)C2. The molecule has 0 unspecified atom stereocenters. The van der Waals surface area contributed by atoms with Gasteiger partial charge in [-0.25, -0.2) is 4.79 Å². The first kappa shape index (κ1) is 19.3. The van der Waals surface area contributed by atoms with Crippen molar-refractivity contribution in [2.75, 3.05) is 13.1 Å². The Kier molecular flexibility index (Phi) is 4.67. The molecular formula is C23H32N2O3. The predicted molar refractivity (Wildman–Crippen MR) is 108 cm³/mol. The van der Waals surface area contributed by atoms with Gasteiger partial charge in [-0.15, -0.1) is 0 Å². The molecule has 4 rings (SSSR count). The smallest absolute Gasteiger partial charge is 0.408 e. The van der Waals surface area contributed by atoms with Gasteiger partial charge in [0.05, 0.1) is 5.54 Å². The van der Waals surface area contributed by atoms with E-state index in [1.807, 2.05) is 11.8 Å². The van der Waals surface area contributed by atoms with Crippen molar-refractivity contribution in [3.63, 3.8) is 0 Å². The second-order valence-corrected chi connectivity index (χ2v) is 9.91. The van der Waals surface area contributed by atoms with Crippen LogP contribution in [0.5, 0.6) is 0 Å². The lowest BCUT2D eigenvalue weighted by Crippen LogP contribution is -2.61. The standard InChI is InChI=1S/C23H32N2O3/c1-15-23(24-21(27)28-15)13-18(14-23)20(26)25-11-9-17(10-12-25)16-5-7-19(8-6-16)22(2,3)4/h5-8,15,17-18H,9-14H2,1-4H3,(H,24,27)/t15-,18?,23?/m1/s1. The third-order valence-electron chi connectivity index (χ3n) is 7.04. The topological polar surface area (TPSA) is 58.6 Å². The minimum atomic E-state index is -0.350. The van der Waals surface area contributed by atoms with Crippen LogP contribution in [-0.4, -0.2) is 41.6 Å². The Morgan fingerprint density at radius 2 is 1.75 bits per heavy atom. The van der Waals surface area contributed by atoms with E-state index in [0.717, 1.165) is 25.9 Å². The number of benzene rings is 1. The molecule has 3 fully saturated rings. The van der Waals surface area contributed by atoms with Crippen molar-refractivity contribution in [1.82, 2.24) is 10.2 Å². The number of carbonyl (C=O) groups excluding carboxylic acids is 2. The fraction of sp³-hybridized carbons (Fsp3) is 0.652. The molecule has 1 aromatic carbocycles. The maximum Gasteiger partial charge on any atom is 0.408 e. The summed E-state index contributed by atoms with van der Waals surface area (Å²) in [5, 5.41) is 2.92. The molecule has 2 aliphatic heterocycles. The van der Waals surface area contributed by atoms with Crippen molar-refractivity contribution >= 4 is 12.0 Å². The van der Waals surface area contributed by atoms with E-state index in [1.165, 1.54) is 11.1 Å². The number of nitrogens with one attached hydrogen (secondary N) is 1. The van der Waals surface area contributed by atoms with Gasteiger partial charge in [-0.3, -0.25) is 4.79 Å². The van der Waals surface area contributed by atoms with E-state index < -0.39 is 0 Å². The Labute approximate surface area is 167 Å². The molecule has 1 aromatic rings. The summed E-state index contributed by atoms with van der Waals surface area (Å²) in [7, 11) is 0. The molecule has 1 saturated carbocycles. The molecular weight excluding hydrogens is 352 g/mol. The summed E-state index contributed by atoms with van der Waals surface area (Å²) in [6.07, 6.45) is 2.95. The van der Waals surface area contributed by atoms with Crippen LogP contribution in [-0.2, 0) is 14.9 Å². The first-order valence-electron chi connectivity index (χ1n) is 10.6. The second kappa shape index (κ2) is 6.78. The molecule has 2 saturated heterocycles. The number of alkyl carbamates (subject to hydrolysis) is 1. The lowest BCUT2D eigenvalue weighted by Gasteiger charge is -2.47. The molecule has 1 atom stereocenters. The number of piperidine rings is 1. The Balaban J connectivity index is 1.30. The fourth-order valence-corrected chi connectivity index (χ4v) is 4.98. The number of nitrogens with zero attached hydrogens (tertiary/aromatic N) is 1. The minimum Gasteiger partial charge on any atom is -0.444 e. The molecule has 2 heterocycles. The number of carbonyl (C=O) groups is 2. The lowest BCUT2D eigenvalue weighted by molar-refractivity contribution is -0.143. The van der Waals surface area contributed by atoms with Crippen LogP contribution in [0.4, 0.5) is 4.79 Å². The van der Waals surface area contributed by atoms with E-state index in [2.05, 4.69) is 50.4 Å². The van der Waals surface area contributed by atoms with Crippen LogP contribution >= 0.6 is 0 Å². The van der Waals surface area contributed by atoms with E-state index in [9.17, 15) is 9.59 Å². The van der Waals surface area contributed by atoms with Gasteiger partial charge in [0.25, 0.3) is 0 Å². The third kappa shape index (κ3) is 3.40. The zero-order valence-electron chi connectivity index (χ0n) is 17.5. The summed E-state index contributed by atoms with van der Waals surface area (Å²) in [5.74, 6) is 0.806. The van der Waals surface area contributed by atoms with Gasteiger partial charge < -0.3 is 15.0 Å². The molecule has 152 valence electrons. The number of likely N-dealkylation sites (tertiary alicyclic amines) is 1. The highest BCUT2D eigenvalue weighted by molar-refractivity contribution is 5.82. The van der Waals surface area contributed by atoms with Crippen LogP contribution in [0.1, 0.15) is 70.4 Å². The zero-order chi connectivity index (χ0) is 20.1. The Morgan fingerprint density at radius 3 is 2.25 bits per heavy atom. The fourth-order valence-electron chi connectivity index (χ4n) is 4.98. The molecule has 28 heavy (non-hydrogen) atoms. The molecule has 5 heteroatoms. The van der Waals surface area contributed by atoms with E-state index in [-0.39, 0.29) is 35.0 Å². The minimum absolute atomic E-state index is 0.0204. The van der Waals surface area contributed by atoms with Gasteiger partial charge in [0.1, 0.15) is 6.10 Å². The van der Waals surface area contributed by atoms with Gasteiger partial charge in [0.15, 0.2) is 0 Å². The summed E-state index contributed by atoms with van der Waals surface area (Å²) >= 11 is 0. The molecule has 0 radical (unpaired) electrons. The zero-order valence-corrected chi connectivity index (χ0v) is 17.5. The van der Waals surface area contributed by atoms with Crippen molar-refractivity contribution in [3.8, 4) is 0 Å². The maximum atomic E-state index is 12.9. The van der Waals surface area contributed by atoms with E-state index in [1.54, 1.807) is 0 Å². The number of ether oxygens (including phenoxy) is 1. The van der Waals surface area contributed by atoms with Crippen molar-refractivity contribution in [2.45, 2.75) is 76.4 Å². The Bertz CT molecular complexity index is 751. The van der Waals surface area contributed by atoms with Crippen LogP contribution in [0.25, 0.3) is 0 Å². The van der Waals surface area contributed by atoms with Crippen LogP contribution in [0.15, 0.2) is 24.3 Å². The first-order chi connectivity index (χ1) is 13.2. The monoisotopic (exact) mass is 384 g/mol. The van der Waals surface area contributed by atoms with Gasteiger partial charge in [-0.05, 0) is 55.1 Å². The van der Waals surface area contributed by atoms with Crippen molar-refractivity contribution < 1.29 is 14.3 Å². The van der Waals surface area contributed by atoms with Crippen LogP contribution < -0.4 is 5.32 Å². The number of rotatable bonds is 2. The lowest BCUT2D eigenvalue weighted by atomic mass is 9.65. The van der Waals surface area contributed by atoms with E-state index in [0.29, 0.717) is 18.8 Å². The maximum absolute atomic E-state index is 12.9. The van der Waals surface area contributed by atoms with E-state index in [4.69, 9.17) is 4.74 Å². The number of hydrogen-bond acceptors (Lipinski definition) is 3. The number of hydrogen-bond donors (Lipinski definition) is 1. The molecule has 1 spiro atoms. The molecule has 0 aromatic heterocycles. The summed E-state index contributed by atoms with van der Waals surface area (Å²) < 4.78 is 5.21. The number of amides is 2. The quantitative estimate of drug-likeness (QED) is 0.839. The van der Waals surface area contributed by atoms with Gasteiger partial charge in [-0.2, -0.15) is 0 Å². The highest BCUT2D eigenvalue weighted by Crippen LogP contribution is 2.45. The van der Waals surface area contributed by atoms with Crippen molar-refractivity contribution in [3.05, 3.63) is 35.4 Å². The van der Waals surface area contributed by atoms with Crippen LogP contribution in [0.3, 0.4) is 0 Å². The predicted octanol–water partition coefficient (Wildman–Crippen LogP) is 3.97. The summed E-state index contributed by atoms with van der Waals surface area (Å²) in [6, 6.07) is 9.03. The third-order valence-corrected chi connectivity index (χ3v) is 7.04. The Morgan fingerprint density at radius 1 is 1.14 bits per heavy atom. The highest BCUT2D eigenvalue weighted by atomic mass is 16.6. The molecule has 3 aliphatic rings. The largest absolute Gasteiger partial charge is 0.444 e. The van der Waals surface area contributed by atoms with E-state index >= 15 is 0 Å². The van der Waals surface area contributed by atoms with Crippen molar-refractivity contribution in [2.24, 2.45) is 5.92 Å². The number of cyclic esters (lactones) is 1. The highest BCUT2D eigenvalue weighted by Gasteiger charge is 2.57. The van der Waals surface area contributed by atoms with Gasteiger partial charge in [-0.1, -0.05) is 45.0 Å². The van der Waals surface area contributed by atoms with Crippen molar-refractivity contribution in [1.29, 1.82) is 0 Å². The summed E-state index contributed by atoms with van der Waals surface area (Å²) in [5.41, 5.74) is 2.61. The molecule has 5 nitrogen and oxygen atoms in total. The molecule has 0 bridgehead atoms. The average molecular weight is 385 g/mol. The van der Waals surface area contributed by atoms with Crippen LogP contribution in [0.2, 0.25) is 0 Å². The normalized spacial score (nSPS) is 30.7. The first-order valence-corrected chi connectivity index (χ1v) is 10.6.